The third-order valence-electron chi connectivity index (χ3n) is 2.78. The van der Waals surface area contributed by atoms with Gasteiger partial charge in [-0.25, -0.2) is 0 Å². The summed E-state index contributed by atoms with van der Waals surface area (Å²) < 4.78 is 20.4. The van der Waals surface area contributed by atoms with E-state index in [0.717, 1.165) is 0 Å². The van der Waals surface area contributed by atoms with E-state index in [4.69, 9.17) is 16.5 Å². The Labute approximate surface area is 119 Å². The van der Waals surface area contributed by atoms with E-state index in [1.165, 1.54) is 22.3 Å². The number of hydrogen-bond acceptors (Lipinski definition) is 4. The summed E-state index contributed by atoms with van der Waals surface area (Å²) in [6, 6.07) is 4.48. The van der Waals surface area contributed by atoms with Crippen LogP contribution < -0.4 is 0 Å². The fraction of sp³-hybridized carbons (Fsp3) is 0.400. The summed E-state index contributed by atoms with van der Waals surface area (Å²) in [7, 11) is -2.61. The highest BCUT2D eigenvalue weighted by atomic mass is 28.4. The van der Waals surface area contributed by atoms with E-state index in [2.05, 4.69) is 39.8 Å². The van der Waals surface area contributed by atoms with Crippen LogP contribution in [0.25, 0.3) is 0 Å². The topological polar surface area (TPSA) is 36.9 Å². The minimum atomic E-state index is -0.653. The van der Waals surface area contributed by atoms with Crippen LogP contribution in [-0.4, -0.2) is 40.0 Å². The molecule has 18 heavy (non-hydrogen) atoms. The maximum absolute atomic E-state index is 5.10. The van der Waals surface area contributed by atoms with E-state index in [-0.39, 0.29) is 0 Å². The summed E-state index contributed by atoms with van der Waals surface area (Å²) in [5, 5.41) is 0. The van der Waals surface area contributed by atoms with Crippen LogP contribution in [0.3, 0.4) is 0 Å². The van der Waals surface area contributed by atoms with Crippen molar-refractivity contribution in [2.45, 2.75) is 27.7 Å². The Morgan fingerprint density at radius 1 is 0.556 bits per heavy atom. The van der Waals surface area contributed by atoms with Gasteiger partial charge in [-0.2, -0.15) is 0 Å². The molecule has 1 saturated heterocycles. The lowest BCUT2D eigenvalue weighted by Gasteiger charge is -2.10. The van der Waals surface area contributed by atoms with Gasteiger partial charge < -0.3 is 16.5 Å². The lowest BCUT2D eigenvalue weighted by molar-refractivity contribution is 0.347. The molecule has 0 unspecified atom stereocenters. The van der Waals surface area contributed by atoms with Crippen molar-refractivity contribution < 1.29 is 16.5 Å². The molecular formula is C10H22O4Si4. The van der Waals surface area contributed by atoms with Crippen LogP contribution in [0.15, 0.2) is 12.1 Å². The Kier molecular flexibility index (Phi) is 7.93. The maximum atomic E-state index is 5.10. The molecule has 1 aliphatic heterocycles. The largest absolute Gasteiger partial charge is 0.425 e. The van der Waals surface area contributed by atoms with Crippen molar-refractivity contribution in [2.75, 3.05) is 0 Å². The second kappa shape index (κ2) is 8.93. The predicted octanol–water partition coefficient (Wildman–Crippen LogP) is -1.02. The van der Waals surface area contributed by atoms with Crippen molar-refractivity contribution in [2.24, 2.45) is 0 Å². The third-order valence-corrected chi connectivity index (χ3v) is 8.11. The van der Waals surface area contributed by atoms with Gasteiger partial charge in [0.1, 0.15) is 0 Å². The summed E-state index contributed by atoms with van der Waals surface area (Å²) in [5.41, 5.74) is 5.57. The van der Waals surface area contributed by atoms with Crippen molar-refractivity contribution in [3.05, 3.63) is 34.4 Å². The minimum Gasteiger partial charge on any atom is -0.425 e. The highest BCUT2D eigenvalue weighted by Crippen LogP contribution is 2.13. The van der Waals surface area contributed by atoms with E-state index in [1.807, 2.05) is 0 Å². The Morgan fingerprint density at radius 2 is 0.778 bits per heavy atom. The van der Waals surface area contributed by atoms with E-state index in [9.17, 15) is 0 Å². The zero-order chi connectivity index (χ0) is 13.4. The molecule has 0 amide bonds. The van der Waals surface area contributed by atoms with Gasteiger partial charge >= 0.3 is 0 Å². The smallest absolute Gasteiger partial charge is 0.286 e. The van der Waals surface area contributed by atoms with Gasteiger partial charge in [0.15, 0.2) is 0 Å². The molecule has 1 aromatic carbocycles. The molecule has 0 N–H and O–H groups in total. The van der Waals surface area contributed by atoms with Crippen LogP contribution in [0, 0.1) is 27.7 Å². The first kappa shape index (κ1) is 16.0. The average molecular weight is 319 g/mol. The fourth-order valence-electron chi connectivity index (χ4n) is 1.48. The lowest BCUT2D eigenvalue weighted by Crippen LogP contribution is -2.23. The summed E-state index contributed by atoms with van der Waals surface area (Å²) in [4.78, 5) is 0. The predicted molar refractivity (Wildman–Crippen MR) is 83.9 cm³/mol. The highest BCUT2D eigenvalue weighted by Gasteiger charge is 1.97. The minimum absolute atomic E-state index is 0.653. The third kappa shape index (κ3) is 6.20. The zero-order valence-electron chi connectivity index (χ0n) is 11.6. The van der Waals surface area contributed by atoms with Crippen LogP contribution in [0.1, 0.15) is 22.3 Å². The second-order valence-corrected chi connectivity index (χ2v) is 11.8. The first-order valence-corrected chi connectivity index (χ1v) is 10.6. The van der Waals surface area contributed by atoms with Crippen molar-refractivity contribution in [3.63, 3.8) is 0 Å². The highest BCUT2D eigenvalue weighted by molar-refractivity contribution is 6.50. The lowest BCUT2D eigenvalue weighted by atomic mass is 10.0. The van der Waals surface area contributed by atoms with Crippen LogP contribution >= 0.6 is 0 Å². The van der Waals surface area contributed by atoms with Crippen molar-refractivity contribution in [1.29, 1.82) is 0 Å². The van der Waals surface area contributed by atoms with Gasteiger partial charge in [-0.1, -0.05) is 12.1 Å². The number of rotatable bonds is 0. The summed E-state index contributed by atoms with van der Waals surface area (Å²) in [6.07, 6.45) is 0. The van der Waals surface area contributed by atoms with Gasteiger partial charge in [0.25, 0.3) is 40.0 Å². The molecule has 1 heterocycles. The summed E-state index contributed by atoms with van der Waals surface area (Å²) >= 11 is 0. The van der Waals surface area contributed by atoms with Crippen LogP contribution in [0.2, 0.25) is 0 Å². The van der Waals surface area contributed by atoms with Crippen molar-refractivity contribution in [3.8, 4) is 0 Å². The van der Waals surface area contributed by atoms with Crippen molar-refractivity contribution >= 4 is 40.0 Å². The van der Waals surface area contributed by atoms with Gasteiger partial charge in [0.2, 0.25) is 0 Å². The van der Waals surface area contributed by atoms with E-state index in [0.29, 0.717) is 0 Å². The molecule has 0 atom stereocenters. The molecule has 0 aromatic heterocycles. The first-order valence-electron chi connectivity index (χ1n) is 5.96. The van der Waals surface area contributed by atoms with Crippen LogP contribution in [-0.2, 0) is 16.5 Å². The van der Waals surface area contributed by atoms with Crippen LogP contribution in [0.5, 0.6) is 0 Å². The van der Waals surface area contributed by atoms with Gasteiger partial charge in [-0.3, -0.25) is 0 Å². The van der Waals surface area contributed by atoms with Gasteiger partial charge in [0.05, 0.1) is 0 Å². The number of benzene rings is 1. The first-order chi connectivity index (χ1) is 8.61. The Hall–Kier alpha value is -0.0725. The second-order valence-electron chi connectivity index (χ2n) is 4.31. The number of aryl methyl sites for hydroxylation is 4. The molecule has 1 aromatic rings. The monoisotopic (exact) mass is 318 g/mol. The Balaban J connectivity index is 0.000000184. The SMILES string of the molecule is Cc1cc(C)c(C)cc1C.O1[SiH2]O[SiH2]O[SiH2]O[SiH2]1. The molecule has 0 aliphatic carbocycles. The van der Waals surface area contributed by atoms with E-state index in [1.54, 1.807) is 0 Å². The zero-order valence-corrected chi connectivity index (χ0v) is 17.3. The van der Waals surface area contributed by atoms with Crippen LogP contribution in [0.4, 0.5) is 0 Å². The normalized spacial score (nSPS) is 21.6. The molecule has 8 heteroatoms. The molecule has 0 saturated carbocycles. The molecular weight excluding hydrogens is 296 g/mol. The molecule has 1 fully saturated rings. The number of hydrogen-bond donors (Lipinski definition) is 0. The van der Waals surface area contributed by atoms with Gasteiger partial charge in [0, 0.05) is 0 Å². The average Bonchev–Trinajstić information content (AvgIpc) is 2.26. The molecule has 1 aliphatic rings. The molecule has 0 bridgehead atoms. The van der Waals surface area contributed by atoms with Crippen molar-refractivity contribution in [1.82, 2.24) is 0 Å². The molecule has 102 valence electrons. The summed E-state index contributed by atoms with van der Waals surface area (Å²) in [5.74, 6) is 0. The van der Waals surface area contributed by atoms with E-state index >= 15 is 0 Å². The van der Waals surface area contributed by atoms with E-state index < -0.39 is 40.0 Å². The Bertz CT molecular complexity index is 301. The molecule has 2 rings (SSSR count). The summed E-state index contributed by atoms with van der Waals surface area (Å²) in [6.45, 7) is 8.62. The fourth-order valence-corrected chi connectivity index (χ4v) is 8.69. The molecule has 0 spiro atoms. The van der Waals surface area contributed by atoms with Gasteiger partial charge in [-0.05, 0) is 49.9 Å². The standard InChI is InChI=1S/C10H14.H8O4Si4/c1-7-5-9(3)10(4)6-8(7)2;1-5-2-7-4-8-3-6-1/h5-6H,1-4H3;5-8H2. The Morgan fingerprint density at radius 3 is 1.00 bits per heavy atom. The van der Waals surface area contributed by atoms with Gasteiger partial charge in [-0.15, -0.1) is 0 Å². The molecule has 0 radical (unpaired) electrons. The molecule has 4 nitrogen and oxygen atoms in total. The quantitative estimate of drug-likeness (QED) is 0.574. The maximum Gasteiger partial charge on any atom is 0.286 e.